The van der Waals surface area contributed by atoms with Crippen molar-refractivity contribution < 1.29 is 4.74 Å². The normalized spacial score (nSPS) is 10.5. The van der Waals surface area contributed by atoms with Gasteiger partial charge in [-0.15, -0.1) is 0 Å². The summed E-state index contributed by atoms with van der Waals surface area (Å²) in [5.41, 5.74) is 4.03. The van der Waals surface area contributed by atoms with E-state index in [1.54, 1.807) is 7.11 Å². The Labute approximate surface area is 162 Å². The van der Waals surface area contributed by atoms with Gasteiger partial charge < -0.3 is 4.74 Å². The van der Waals surface area contributed by atoms with Crippen molar-refractivity contribution in [1.82, 2.24) is 0 Å². The van der Waals surface area contributed by atoms with Crippen LogP contribution in [0.4, 0.5) is 0 Å². The SMILES string of the molecule is COc1ccc(C#CC(C=C(C)C)(c2ccccc2)c2ccccc2)cc1. The molecule has 0 fully saturated rings. The lowest BCUT2D eigenvalue weighted by atomic mass is 9.74. The van der Waals surface area contributed by atoms with Gasteiger partial charge in [0.25, 0.3) is 0 Å². The topological polar surface area (TPSA) is 9.23 Å². The summed E-state index contributed by atoms with van der Waals surface area (Å²) in [5.74, 6) is 7.81. The molecule has 3 aromatic rings. The molecule has 0 spiro atoms. The van der Waals surface area contributed by atoms with E-state index < -0.39 is 5.41 Å². The molecule has 1 heteroatoms. The Balaban J connectivity index is 2.20. The third kappa shape index (κ3) is 4.30. The molecule has 134 valence electrons. The highest BCUT2D eigenvalue weighted by Crippen LogP contribution is 2.34. The molecule has 0 bridgehead atoms. The van der Waals surface area contributed by atoms with Crippen molar-refractivity contribution in [2.45, 2.75) is 19.3 Å². The number of benzene rings is 3. The van der Waals surface area contributed by atoms with Gasteiger partial charge in [-0.05, 0) is 49.2 Å². The van der Waals surface area contributed by atoms with Crippen molar-refractivity contribution in [3.63, 3.8) is 0 Å². The molecule has 0 aromatic heterocycles. The van der Waals surface area contributed by atoms with E-state index in [9.17, 15) is 0 Å². The zero-order chi connectivity index (χ0) is 19.1. The molecule has 0 saturated carbocycles. The molecular formula is C26H24O. The number of methoxy groups -OCH3 is 1. The Kier molecular flexibility index (Phi) is 5.79. The van der Waals surface area contributed by atoms with E-state index in [4.69, 9.17) is 4.74 Å². The van der Waals surface area contributed by atoms with Crippen LogP contribution in [0.25, 0.3) is 0 Å². The fourth-order valence-electron chi connectivity index (χ4n) is 3.19. The molecule has 0 amide bonds. The highest BCUT2D eigenvalue weighted by Gasteiger charge is 2.29. The van der Waals surface area contributed by atoms with Gasteiger partial charge in [0.1, 0.15) is 5.75 Å². The summed E-state index contributed by atoms with van der Waals surface area (Å²) in [7, 11) is 1.67. The van der Waals surface area contributed by atoms with Crippen molar-refractivity contribution in [1.29, 1.82) is 0 Å². The van der Waals surface area contributed by atoms with Crippen LogP contribution in [0.15, 0.2) is 96.6 Å². The van der Waals surface area contributed by atoms with Crippen LogP contribution >= 0.6 is 0 Å². The fourth-order valence-corrected chi connectivity index (χ4v) is 3.19. The minimum absolute atomic E-state index is 0.499. The largest absolute Gasteiger partial charge is 0.497 e. The number of rotatable bonds is 4. The first-order valence-corrected chi connectivity index (χ1v) is 9.08. The molecule has 0 aliphatic rings. The lowest BCUT2D eigenvalue weighted by Gasteiger charge is -2.27. The molecular weight excluding hydrogens is 328 g/mol. The van der Waals surface area contributed by atoms with Crippen LogP contribution in [-0.2, 0) is 5.41 Å². The first-order valence-electron chi connectivity index (χ1n) is 9.08. The van der Waals surface area contributed by atoms with Crippen LogP contribution in [0.2, 0.25) is 0 Å². The van der Waals surface area contributed by atoms with Crippen LogP contribution in [0.5, 0.6) is 5.75 Å². The molecule has 0 N–H and O–H groups in total. The first-order chi connectivity index (χ1) is 13.1. The Morgan fingerprint density at radius 3 is 1.74 bits per heavy atom. The molecule has 3 aromatic carbocycles. The summed E-state index contributed by atoms with van der Waals surface area (Å²) in [6.45, 7) is 4.24. The van der Waals surface area contributed by atoms with E-state index in [0.29, 0.717) is 0 Å². The van der Waals surface area contributed by atoms with E-state index in [1.165, 1.54) is 16.7 Å². The van der Waals surface area contributed by atoms with Gasteiger partial charge in [-0.2, -0.15) is 0 Å². The lowest BCUT2D eigenvalue weighted by molar-refractivity contribution is 0.415. The molecule has 1 nitrogen and oxygen atoms in total. The van der Waals surface area contributed by atoms with Gasteiger partial charge in [0, 0.05) is 5.56 Å². The second kappa shape index (κ2) is 8.43. The molecule has 0 atom stereocenters. The number of hydrogen-bond acceptors (Lipinski definition) is 1. The zero-order valence-corrected chi connectivity index (χ0v) is 16.1. The van der Waals surface area contributed by atoms with E-state index in [0.717, 1.165) is 11.3 Å². The van der Waals surface area contributed by atoms with Gasteiger partial charge in [0.2, 0.25) is 0 Å². The maximum absolute atomic E-state index is 5.25. The summed E-state index contributed by atoms with van der Waals surface area (Å²) in [5, 5.41) is 0. The molecule has 0 aliphatic heterocycles. The Morgan fingerprint density at radius 1 is 0.778 bits per heavy atom. The van der Waals surface area contributed by atoms with E-state index in [1.807, 2.05) is 36.4 Å². The lowest BCUT2D eigenvalue weighted by Crippen LogP contribution is -2.23. The van der Waals surface area contributed by atoms with E-state index >= 15 is 0 Å². The molecule has 0 unspecified atom stereocenters. The van der Waals surface area contributed by atoms with Gasteiger partial charge in [-0.3, -0.25) is 0 Å². The van der Waals surface area contributed by atoms with Crippen molar-refractivity contribution in [2.24, 2.45) is 0 Å². The van der Waals surface area contributed by atoms with Crippen molar-refractivity contribution in [3.8, 4) is 17.6 Å². The molecule has 0 heterocycles. The summed E-state index contributed by atoms with van der Waals surface area (Å²) in [4.78, 5) is 0. The monoisotopic (exact) mass is 352 g/mol. The summed E-state index contributed by atoms with van der Waals surface area (Å²) >= 11 is 0. The molecule has 0 saturated heterocycles. The third-order valence-corrected chi connectivity index (χ3v) is 4.46. The Hall–Kier alpha value is -3.24. The van der Waals surface area contributed by atoms with Crippen molar-refractivity contribution in [3.05, 3.63) is 113 Å². The number of hydrogen-bond donors (Lipinski definition) is 0. The number of ether oxygens (including phenoxy) is 1. The van der Waals surface area contributed by atoms with Crippen LogP contribution in [0.3, 0.4) is 0 Å². The average molecular weight is 352 g/mol. The molecule has 0 radical (unpaired) electrons. The predicted octanol–water partition coefficient (Wildman–Crippen LogP) is 6.00. The highest BCUT2D eigenvalue weighted by atomic mass is 16.5. The highest BCUT2D eigenvalue weighted by molar-refractivity contribution is 5.55. The smallest absolute Gasteiger partial charge is 0.118 e. The van der Waals surface area contributed by atoms with Crippen LogP contribution in [0.1, 0.15) is 30.5 Å². The Morgan fingerprint density at radius 2 is 1.30 bits per heavy atom. The molecule has 3 rings (SSSR count). The van der Waals surface area contributed by atoms with Crippen molar-refractivity contribution in [2.75, 3.05) is 7.11 Å². The standard InChI is InChI=1S/C26H24O/c1-21(2)20-26(23-10-6-4-7-11-23,24-12-8-5-9-13-24)19-18-22-14-16-25(27-3)17-15-22/h4-17,20H,1-3H3. The number of allylic oxidation sites excluding steroid dienone is 2. The van der Waals surface area contributed by atoms with Gasteiger partial charge in [-0.1, -0.05) is 84.2 Å². The Bertz CT molecular complexity index is 912. The quantitative estimate of drug-likeness (QED) is 0.413. The minimum atomic E-state index is -0.499. The van der Waals surface area contributed by atoms with E-state index in [2.05, 4.69) is 80.3 Å². The van der Waals surface area contributed by atoms with Crippen LogP contribution in [-0.4, -0.2) is 7.11 Å². The van der Waals surface area contributed by atoms with Gasteiger partial charge >= 0.3 is 0 Å². The third-order valence-electron chi connectivity index (χ3n) is 4.46. The van der Waals surface area contributed by atoms with Gasteiger partial charge in [0.15, 0.2) is 0 Å². The summed E-state index contributed by atoms with van der Waals surface area (Å²) in [6.07, 6.45) is 2.26. The maximum Gasteiger partial charge on any atom is 0.118 e. The maximum atomic E-state index is 5.25. The minimum Gasteiger partial charge on any atom is -0.497 e. The fraction of sp³-hybridized carbons (Fsp3) is 0.154. The molecule has 27 heavy (non-hydrogen) atoms. The molecule has 0 aliphatic carbocycles. The van der Waals surface area contributed by atoms with E-state index in [-0.39, 0.29) is 0 Å². The first kappa shape index (κ1) is 18.5. The second-order valence-electron chi connectivity index (χ2n) is 6.74. The second-order valence-corrected chi connectivity index (χ2v) is 6.74. The van der Waals surface area contributed by atoms with Crippen LogP contribution in [0, 0.1) is 11.8 Å². The summed E-state index contributed by atoms with van der Waals surface area (Å²) < 4.78 is 5.25. The van der Waals surface area contributed by atoms with Gasteiger partial charge in [-0.25, -0.2) is 0 Å². The summed E-state index contributed by atoms with van der Waals surface area (Å²) in [6, 6.07) is 28.8. The van der Waals surface area contributed by atoms with Crippen molar-refractivity contribution >= 4 is 0 Å². The predicted molar refractivity (Wildman–Crippen MR) is 113 cm³/mol. The average Bonchev–Trinajstić information content (AvgIpc) is 2.72. The zero-order valence-electron chi connectivity index (χ0n) is 16.1. The van der Waals surface area contributed by atoms with Crippen LogP contribution < -0.4 is 4.74 Å². The van der Waals surface area contributed by atoms with Gasteiger partial charge in [0.05, 0.1) is 12.5 Å².